The van der Waals surface area contributed by atoms with E-state index in [1.807, 2.05) is 54.8 Å². The second kappa shape index (κ2) is 11.9. The van der Waals surface area contributed by atoms with Gasteiger partial charge in [-0.1, -0.05) is 48.5 Å². The van der Waals surface area contributed by atoms with Crippen molar-refractivity contribution in [1.82, 2.24) is 10.6 Å². The number of aliphatic carboxylic acids is 1. The lowest BCUT2D eigenvalue weighted by molar-refractivity contribution is -0.142. The lowest BCUT2D eigenvalue weighted by atomic mass is 9.98. The molecule has 0 bridgehead atoms. The molecule has 34 heavy (non-hydrogen) atoms. The third-order valence-corrected chi connectivity index (χ3v) is 6.61. The Balaban J connectivity index is 1.66. The minimum atomic E-state index is -1.13. The van der Waals surface area contributed by atoms with Crippen molar-refractivity contribution in [2.45, 2.75) is 37.5 Å². The van der Waals surface area contributed by atoms with Gasteiger partial charge in [0.25, 0.3) is 0 Å². The lowest BCUT2D eigenvalue weighted by Crippen LogP contribution is -2.56. The number of hydrogen-bond donors (Lipinski definition) is 3. The van der Waals surface area contributed by atoms with E-state index in [1.54, 1.807) is 6.92 Å². The zero-order valence-electron chi connectivity index (χ0n) is 19.4. The Labute approximate surface area is 203 Å². The monoisotopic (exact) mass is 486 g/mol. The van der Waals surface area contributed by atoms with E-state index in [-0.39, 0.29) is 18.9 Å². The van der Waals surface area contributed by atoms with E-state index < -0.39 is 36.2 Å². The highest BCUT2D eigenvalue weighted by Crippen LogP contribution is 2.44. The summed E-state index contributed by atoms with van der Waals surface area (Å²) in [5, 5.41) is 14.4. The molecule has 1 unspecified atom stereocenters. The van der Waals surface area contributed by atoms with Crippen LogP contribution in [-0.2, 0) is 19.1 Å². The number of amides is 2. The summed E-state index contributed by atoms with van der Waals surface area (Å²) in [6, 6.07) is 13.8. The third-order valence-electron chi connectivity index (χ3n) is 5.97. The molecule has 3 N–H and O–H groups in total. The van der Waals surface area contributed by atoms with E-state index in [2.05, 4.69) is 10.6 Å². The molecule has 3 rings (SSSR count). The maximum absolute atomic E-state index is 12.8. The van der Waals surface area contributed by atoms with Gasteiger partial charge in [0.1, 0.15) is 18.7 Å². The molecule has 0 saturated heterocycles. The largest absolute Gasteiger partial charge is 0.480 e. The molecule has 3 atom stereocenters. The first-order chi connectivity index (χ1) is 16.4. The number of carboxylic acid groups (broad SMARTS) is 1. The maximum Gasteiger partial charge on any atom is 0.407 e. The van der Waals surface area contributed by atoms with E-state index in [0.29, 0.717) is 5.75 Å². The van der Waals surface area contributed by atoms with Crippen molar-refractivity contribution in [2.24, 2.45) is 0 Å². The highest BCUT2D eigenvalue weighted by atomic mass is 32.2. The zero-order chi connectivity index (χ0) is 24.7. The van der Waals surface area contributed by atoms with Gasteiger partial charge >= 0.3 is 12.1 Å². The summed E-state index contributed by atoms with van der Waals surface area (Å²) in [6.45, 7) is 1.71. The number of rotatable bonds is 11. The number of ether oxygens (including phenoxy) is 2. The summed E-state index contributed by atoms with van der Waals surface area (Å²) >= 11 is 1.48. The molecular weight excluding hydrogens is 456 g/mol. The fourth-order valence-corrected chi connectivity index (χ4v) is 4.53. The number of carboxylic acids is 1. The molecule has 2 amide bonds. The van der Waals surface area contributed by atoms with Crippen LogP contribution in [0.15, 0.2) is 48.5 Å². The molecular formula is C25H30N2O6S. The van der Waals surface area contributed by atoms with Crippen LogP contribution >= 0.6 is 11.8 Å². The van der Waals surface area contributed by atoms with Crippen molar-refractivity contribution in [3.05, 3.63) is 59.7 Å². The summed E-state index contributed by atoms with van der Waals surface area (Å²) < 4.78 is 10.8. The predicted octanol–water partition coefficient (Wildman–Crippen LogP) is 3.25. The van der Waals surface area contributed by atoms with Gasteiger partial charge in [-0.3, -0.25) is 4.79 Å². The van der Waals surface area contributed by atoms with E-state index in [1.165, 1.54) is 18.9 Å². The SMILES string of the molecule is CO[C@H](C)[C@H](NC(=O)OCC1c2ccccc2-c2ccccc21)C(=O)NC(CCSC)C(=O)O. The van der Waals surface area contributed by atoms with Crippen molar-refractivity contribution >= 4 is 29.7 Å². The van der Waals surface area contributed by atoms with Gasteiger partial charge in [-0.2, -0.15) is 11.8 Å². The van der Waals surface area contributed by atoms with Gasteiger partial charge in [-0.05, 0) is 47.6 Å². The molecule has 9 heteroatoms. The number of nitrogens with one attached hydrogen (secondary N) is 2. The normalized spacial score (nSPS) is 14.9. The van der Waals surface area contributed by atoms with Gasteiger partial charge < -0.3 is 25.2 Å². The number of thioether (sulfide) groups is 1. The highest BCUT2D eigenvalue weighted by Gasteiger charge is 2.32. The van der Waals surface area contributed by atoms with Crippen molar-refractivity contribution in [3.8, 4) is 11.1 Å². The van der Waals surface area contributed by atoms with Gasteiger partial charge in [0, 0.05) is 13.0 Å². The van der Waals surface area contributed by atoms with E-state index in [0.717, 1.165) is 22.3 Å². The van der Waals surface area contributed by atoms with Crippen LogP contribution in [0.3, 0.4) is 0 Å². The van der Waals surface area contributed by atoms with Gasteiger partial charge in [0.2, 0.25) is 5.91 Å². The Morgan fingerprint density at radius 1 is 1.03 bits per heavy atom. The summed E-state index contributed by atoms with van der Waals surface area (Å²) in [6.07, 6.45) is 0.647. The van der Waals surface area contributed by atoms with E-state index in [9.17, 15) is 19.5 Å². The van der Waals surface area contributed by atoms with Gasteiger partial charge in [0.15, 0.2) is 0 Å². The molecule has 0 aromatic heterocycles. The standard InChI is InChI=1S/C25H30N2O6S/c1-15(32-2)22(23(28)26-21(24(29)30)12-13-34-3)27-25(31)33-14-20-18-10-6-4-8-16(18)17-9-5-7-11-19(17)20/h4-11,15,20-22H,12-14H2,1-3H3,(H,26,28)(H,27,31)(H,29,30)/t15-,21?,22+/m1/s1. The van der Waals surface area contributed by atoms with Crippen LogP contribution in [0.4, 0.5) is 4.79 Å². The minimum Gasteiger partial charge on any atom is -0.480 e. The smallest absolute Gasteiger partial charge is 0.407 e. The number of carbonyl (C=O) groups excluding carboxylic acids is 2. The number of alkyl carbamates (subject to hydrolysis) is 1. The molecule has 0 aliphatic heterocycles. The Morgan fingerprint density at radius 3 is 2.15 bits per heavy atom. The molecule has 0 spiro atoms. The molecule has 0 heterocycles. The van der Waals surface area contributed by atoms with Crippen LogP contribution in [0, 0.1) is 0 Å². The number of methoxy groups -OCH3 is 1. The first-order valence-corrected chi connectivity index (χ1v) is 12.4. The lowest BCUT2D eigenvalue weighted by Gasteiger charge is -2.25. The van der Waals surface area contributed by atoms with Crippen LogP contribution in [0.25, 0.3) is 11.1 Å². The second-order valence-corrected chi connectivity index (χ2v) is 9.05. The molecule has 1 aliphatic rings. The number of benzene rings is 2. The Kier molecular flexibility index (Phi) is 8.95. The number of carbonyl (C=O) groups is 3. The average Bonchev–Trinajstić information content (AvgIpc) is 3.16. The fourth-order valence-electron chi connectivity index (χ4n) is 4.05. The molecule has 0 radical (unpaired) electrons. The minimum absolute atomic E-state index is 0.0983. The quantitative estimate of drug-likeness (QED) is 0.447. The highest BCUT2D eigenvalue weighted by molar-refractivity contribution is 7.98. The fraction of sp³-hybridized carbons (Fsp3) is 0.400. The van der Waals surface area contributed by atoms with E-state index in [4.69, 9.17) is 9.47 Å². The first-order valence-electron chi connectivity index (χ1n) is 11.0. The number of hydrogen-bond acceptors (Lipinski definition) is 6. The Hall–Kier alpha value is -3.04. The maximum atomic E-state index is 12.8. The topological polar surface area (TPSA) is 114 Å². The van der Waals surface area contributed by atoms with Gasteiger partial charge in [-0.25, -0.2) is 9.59 Å². The van der Waals surface area contributed by atoms with Crippen molar-refractivity contribution in [1.29, 1.82) is 0 Å². The molecule has 2 aromatic carbocycles. The van der Waals surface area contributed by atoms with Crippen LogP contribution < -0.4 is 10.6 Å². The molecule has 8 nitrogen and oxygen atoms in total. The van der Waals surface area contributed by atoms with Crippen LogP contribution in [0.1, 0.15) is 30.4 Å². The first kappa shape index (κ1) is 25.6. The zero-order valence-corrected chi connectivity index (χ0v) is 20.3. The predicted molar refractivity (Wildman–Crippen MR) is 131 cm³/mol. The van der Waals surface area contributed by atoms with E-state index >= 15 is 0 Å². The van der Waals surface area contributed by atoms with Gasteiger partial charge in [-0.15, -0.1) is 0 Å². The van der Waals surface area contributed by atoms with Crippen LogP contribution in [-0.4, -0.2) is 67.0 Å². The van der Waals surface area contributed by atoms with Crippen LogP contribution in [0.5, 0.6) is 0 Å². The molecule has 2 aromatic rings. The number of fused-ring (bicyclic) bond motifs is 3. The van der Waals surface area contributed by atoms with Crippen LogP contribution in [0.2, 0.25) is 0 Å². The van der Waals surface area contributed by atoms with Gasteiger partial charge in [0.05, 0.1) is 6.10 Å². The Bertz CT molecular complexity index is 984. The summed E-state index contributed by atoms with van der Waals surface area (Å²) in [5.41, 5.74) is 4.38. The Morgan fingerprint density at radius 2 is 1.62 bits per heavy atom. The summed E-state index contributed by atoms with van der Waals surface area (Å²) in [5.74, 6) is -1.32. The summed E-state index contributed by atoms with van der Waals surface area (Å²) in [7, 11) is 1.41. The van der Waals surface area contributed by atoms with Crippen molar-refractivity contribution in [3.63, 3.8) is 0 Å². The molecule has 0 fully saturated rings. The summed E-state index contributed by atoms with van der Waals surface area (Å²) in [4.78, 5) is 37.0. The third kappa shape index (κ3) is 5.90. The molecule has 1 aliphatic carbocycles. The van der Waals surface area contributed by atoms with Crippen molar-refractivity contribution < 1.29 is 29.0 Å². The molecule has 0 saturated carbocycles. The second-order valence-electron chi connectivity index (χ2n) is 8.07. The average molecular weight is 487 g/mol. The molecule has 182 valence electrons. The van der Waals surface area contributed by atoms with Crippen molar-refractivity contribution in [2.75, 3.05) is 25.7 Å².